The fraction of sp³-hybridized carbons (Fsp3) is 0.750. The molecule has 0 aliphatic heterocycles. The van der Waals surface area contributed by atoms with Crippen molar-refractivity contribution in [2.75, 3.05) is 19.6 Å². The number of carbonyl (C=O) groups excluding carboxylic acids is 1. The monoisotopic (exact) mass is 294 g/mol. The number of hydrogen-bond acceptors (Lipinski definition) is 3. The average Bonchev–Trinajstić information content (AvgIpc) is 3.04. The first kappa shape index (κ1) is 16.0. The number of carboxylic acids is 1. The van der Waals surface area contributed by atoms with Gasteiger partial charge in [0, 0.05) is 12.6 Å². The van der Waals surface area contributed by atoms with Crippen LogP contribution in [0.15, 0.2) is 12.2 Å². The van der Waals surface area contributed by atoms with Crippen LogP contribution >= 0.6 is 0 Å². The molecule has 0 heterocycles. The lowest BCUT2D eigenvalue weighted by atomic mass is 9.82. The standard InChI is InChI=1S/C16H26N2O3/c1-4-18(5-2)9-10(3)17-15(19)13-11-6-7-12(8-11)14(13)16(20)21/h6-7,10-14H,4-5,8-9H2,1-3H3,(H,17,19)(H,20,21)/t10?,11?,12?,13-,14+/m0/s1. The number of aliphatic carboxylic acids is 1. The van der Waals surface area contributed by atoms with Crippen LogP contribution in [0.2, 0.25) is 0 Å². The van der Waals surface area contributed by atoms with Gasteiger partial charge < -0.3 is 15.3 Å². The Balaban J connectivity index is 1.96. The summed E-state index contributed by atoms with van der Waals surface area (Å²) in [5.74, 6) is -1.78. The Morgan fingerprint density at radius 2 is 1.81 bits per heavy atom. The second kappa shape index (κ2) is 6.60. The molecule has 2 aliphatic carbocycles. The van der Waals surface area contributed by atoms with Crippen molar-refractivity contribution in [2.45, 2.75) is 33.2 Å². The first-order valence-electron chi connectivity index (χ1n) is 7.91. The molecule has 2 N–H and O–H groups in total. The van der Waals surface area contributed by atoms with E-state index in [2.05, 4.69) is 24.1 Å². The zero-order valence-electron chi connectivity index (χ0n) is 13.1. The molecule has 1 saturated carbocycles. The van der Waals surface area contributed by atoms with E-state index in [1.165, 1.54) is 0 Å². The van der Waals surface area contributed by atoms with Crippen molar-refractivity contribution in [3.05, 3.63) is 12.2 Å². The number of hydrogen-bond donors (Lipinski definition) is 2. The summed E-state index contributed by atoms with van der Waals surface area (Å²) in [6, 6.07) is 0.0370. The fourth-order valence-corrected chi connectivity index (χ4v) is 3.77. The normalized spacial score (nSPS) is 31.6. The van der Waals surface area contributed by atoms with Crippen LogP contribution in [0.3, 0.4) is 0 Å². The van der Waals surface area contributed by atoms with Crippen LogP contribution in [-0.4, -0.2) is 47.6 Å². The highest BCUT2D eigenvalue weighted by Gasteiger charge is 2.51. The number of nitrogens with zero attached hydrogens (tertiary/aromatic N) is 1. The van der Waals surface area contributed by atoms with Crippen LogP contribution in [0, 0.1) is 23.7 Å². The molecule has 2 bridgehead atoms. The van der Waals surface area contributed by atoms with Gasteiger partial charge in [0.25, 0.3) is 0 Å². The summed E-state index contributed by atoms with van der Waals surface area (Å²) < 4.78 is 0. The maximum Gasteiger partial charge on any atom is 0.307 e. The molecule has 1 fully saturated rings. The molecule has 0 spiro atoms. The highest BCUT2D eigenvalue weighted by Crippen LogP contribution is 2.48. The van der Waals surface area contributed by atoms with Gasteiger partial charge in [-0.15, -0.1) is 0 Å². The fourth-order valence-electron chi connectivity index (χ4n) is 3.77. The highest BCUT2D eigenvalue weighted by molar-refractivity contribution is 5.87. The lowest BCUT2D eigenvalue weighted by molar-refractivity contribution is -0.148. The van der Waals surface area contributed by atoms with Crippen LogP contribution in [-0.2, 0) is 9.59 Å². The van der Waals surface area contributed by atoms with E-state index in [4.69, 9.17) is 0 Å². The van der Waals surface area contributed by atoms with Crippen LogP contribution in [0.25, 0.3) is 0 Å². The van der Waals surface area contributed by atoms with Gasteiger partial charge in [-0.25, -0.2) is 0 Å². The predicted octanol–water partition coefficient (Wildman–Crippen LogP) is 1.36. The first-order chi connectivity index (χ1) is 9.97. The number of nitrogens with one attached hydrogen (secondary N) is 1. The summed E-state index contributed by atoms with van der Waals surface area (Å²) in [6.45, 7) is 8.87. The molecular weight excluding hydrogens is 268 g/mol. The van der Waals surface area contributed by atoms with Crippen molar-refractivity contribution in [1.82, 2.24) is 10.2 Å². The molecule has 0 aromatic heterocycles. The molecular formula is C16H26N2O3. The summed E-state index contributed by atoms with van der Waals surface area (Å²) in [4.78, 5) is 26.2. The topological polar surface area (TPSA) is 69.6 Å². The van der Waals surface area contributed by atoms with E-state index < -0.39 is 17.8 Å². The molecule has 2 aliphatic rings. The van der Waals surface area contributed by atoms with Gasteiger partial charge >= 0.3 is 5.97 Å². The van der Waals surface area contributed by atoms with Gasteiger partial charge in [-0.05, 0) is 38.3 Å². The third-order valence-corrected chi connectivity index (χ3v) is 4.86. The van der Waals surface area contributed by atoms with Crippen molar-refractivity contribution in [3.63, 3.8) is 0 Å². The number of rotatable bonds is 7. The average molecular weight is 294 g/mol. The Labute approximate surface area is 126 Å². The Kier molecular flexibility index (Phi) is 5.04. The molecule has 5 nitrogen and oxygen atoms in total. The molecule has 2 rings (SSSR count). The van der Waals surface area contributed by atoms with E-state index in [0.29, 0.717) is 0 Å². The lowest BCUT2D eigenvalue weighted by Gasteiger charge is -2.28. The van der Waals surface area contributed by atoms with Gasteiger partial charge in [-0.3, -0.25) is 9.59 Å². The van der Waals surface area contributed by atoms with Crippen LogP contribution in [0.4, 0.5) is 0 Å². The van der Waals surface area contributed by atoms with E-state index in [1.54, 1.807) is 0 Å². The molecule has 5 heteroatoms. The molecule has 0 radical (unpaired) electrons. The summed E-state index contributed by atoms with van der Waals surface area (Å²) in [6.07, 6.45) is 4.79. The minimum Gasteiger partial charge on any atom is -0.481 e. The second-order valence-electron chi connectivity index (χ2n) is 6.23. The SMILES string of the molecule is CCN(CC)CC(C)NC(=O)[C@H]1C2C=CC(C2)[C@H]1C(=O)O. The summed E-state index contributed by atoms with van der Waals surface area (Å²) >= 11 is 0. The number of fused-ring (bicyclic) bond motifs is 2. The molecule has 0 saturated heterocycles. The smallest absolute Gasteiger partial charge is 0.307 e. The number of likely N-dealkylation sites (N-methyl/N-ethyl adjacent to an activating group) is 1. The maximum absolute atomic E-state index is 12.5. The maximum atomic E-state index is 12.5. The molecule has 3 unspecified atom stereocenters. The number of carbonyl (C=O) groups is 2. The largest absolute Gasteiger partial charge is 0.481 e. The van der Waals surface area contributed by atoms with Gasteiger partial charge in [-0.2, -0.15) is 0 Å². The Morgan fingerprint density at radius 1 is 1.24 bits per heavy atom. The Hall–Kier alpha value is -1.36. The van der Waals surface area contributed by atoms with E-state index in [-0.39, 0.29) is 23.8 Å². The Morgan fingerprint density at radius 3 is 2.33 bits per heavy atom. The van der Waals surface area contributed by atoms with Crippen molar-refractivity contribution >= 4 is 11.9 Å². The summed E-state index contributed by atoms with van der Waals surface area (Å²) in [5, 5.41) is 12.4. The van der Waals surface area contributed by atoms with E-state index >= 15 is 0 Å². The number of amides is 1. The van der Waals surface area contributed by atoms with Crippen LogP contribution in [0.5, 0.6) is 0 Å². The van der Waals surface area contributed by atoms with Gasteiger partial charge in [0.05, 0.1) is 11.8 Å². The first-order valence-corrected chi connectivity index (χ1v) is 7.91. The van der Waals surface area contributed by atoms with Crippen molar-refractivity contribution in [2.24, 2.45) is 23.7 Å². The molecule has 1 amide bonds. The predicted molar refractivity (Wildman–Crippen MR) is 80.7 cm³/mol. The van der Waals surface area contributed by atoms with Crippen molar-refractivity contribution in [1.29, 1.82) is 0 Å². The van der Waals surface area contributed by atoms with E-state index in [1.807, 2.05) is 19.1 Å². The van der Waals surface area contributed by atoms with Crippen molar-refractivity contribution in [3.8, 4) is 0 Å². The number of allylic oxidation sites excluding steroid dienone is 2. The minimum atomic E-state index is -0.844. The third kappa shape index (κ3) is 3.28. The third-order valence-electron chi connectivity index (χ3n) is 4.86. The molecule has 0 aromatic rings. The van der Waals surface area contributed by atoms with Gasteiger partial charge in [0.15, 0.2) is 0 Å². The highest BCUT2D eigenvalue weighted by atomic mass is 16.4. The van der Waals surface area contributed by atoms with Crippen LogP contribution < -0.4 is 5.32 Å². The Bertz CT molecular complexity index is 431. The second-order valence-corrected chi connectivity index (χ2v) is 6.23. The number of carboxylic acid groups (broad SMARTS) is 1. The lowest BCUT2D eigenvalue weighted by Crippen LogP contribution is -2.47. The van der Waals surface area contributed by atoms with E-state index in [0.717, 1.165) is 26.1 Å². The summed E-state index contributed by atoms with van der Waals surface area (Å²) in [5.41, 5.74) is 0. The molecule has 21 heavy (non-hydrogen) atoms. The molecule has 118 valence electrons. The van der Waals surface area contributed by atoms with Gasteiger partial charge in [0.1, 0.15) is 0 Å². The van der Waals surface area contributed by atoms with Gasteiger partial charge in [0.2, 0.25) is 5.91 Å². The van der Waals surface area contributed by atoms with Crippen molar-refractivity contribution < 1.29 is 14.7 Å². The van der Waals surface area contributed by atoms with Crippen LogP contribution in [0.1, 0.15) is 27.2 Å². The van der Waals surface area contributed by atoms with E-state index in [9.17, 15) is 14.7 Å². The quantitative estimate of drug-likeness (QED) is 0.696. The molecule has 0 aromatic carbocycles. The summed E-state index contributed by atoms with van der Waals surface area (Å²) in [7, 11) is 0. The minimum absolute atomic E-state index is 0.0290. The van der Waals surface area contributed by atoms with Gasteiger partial charge in [-0.1, -0.05) is 26.0 Å². The zero-order valence-corrected chi connectivity index (χ0v) is 13.1. The zero-order chi connectivity index (χ0) is 15.6. The molecule has 5 atom stereocenters.